The van der Waals surface area contributed by atoms with Crippen molar-refractivity contribution in [2.45, 2.75) is 31.5 Å². The van der Waals surface area contributed by atoms with Crippen LogP contribution in [0.5, 0.6) is 5.75 Å². The molecule has 0 amide bonds. The molecule has 5 nitrogen and oxygen atoms in total. The molecule has 2 heterocycles. The summed E-state index contributed by atoms with van der Waals surface area (Å²) in [5.74, 6) is -0.0205. The van der Waals surface area contributed by atoms with E-state index < -0.39 is 12.0 Å². The van der Waals surface area contributed by atoms with Gasteiger partial charge in [0.2, 0.25) is 0 Å². The lowest BCUT2D eigenvalue weighted by molar-refractivity contribution is -0.142. The second-order valence-corrected chi connectivity index (χ2v) is 7.83. The topological polar surface area (TPSA) is 62.7 Å². The van der Waals surface area contributed by atoms with Gasteiger partial charge in [-0.15, -0.1) is 0 Å². The summed E-state index contributed by atoms with van der Waals surface area (Å²) in [4.78, 5) is 18.5. The number of ether oxygens (including phenoxy) is 1. The summed E-state index contributed by atoms with van der Waals surface area (Å²) in [6, 6.07) is 18.8. The molecule has 1 fully saturated rings. The van der Waals surface area contributed by atoms with E-state index >= 15 is 0 Å². The first-order valence-corrected chi connectivity index (χ1v) is 10.3. The van der Waals surface area contributed by atoms with Crippen LogP contribution in [0.15, 0.2) is 66.9 Å². The highest BCUT2D eigenvalue weighted by Crippen LogP contribution is 2.40. The Morgan fingerprint density at radius 1 is 1.17 bits per heavy atom. The normalized spacial score (nSPS) is 19.0. The molecule has 1 aliphatic heterocycles. The zero-order valence-corrected chi connectivity index (χ0v) is 17.4. The highest BCUT2D eigenvalue weighted by molar-refractivity contribution is 6.31. The standard InChI is InChI=1S/C24H23ClN2O3/c1-30-18-6-4-5-17(13-18)21-10-9-16(14-26-21)15-27-22(11-12-23(27)24(28)29)19-7-2-3-8-20(19)25/h2-10,13-14,22-23H,11-12,15H2,1H3,(H,28,29)/t22-,23+/m1/s1. The monoisotopic (exact) mass is 422 g/mol. The smallest absolute Gasteiger partial charge is 0.320 e. The van der Waals surface area contributed by atoms with Crippen LogP contribution in [-0.2, 0) is 11.3 Å². The van der Waals surface area contributed by atoms with E-state index in [9.17, 15) is 9.90 Å². The fourth-order valence-corrected chi connectivity index (χ4v) is 4.37. The number of hydrogen-bond donors (Lipinski definition) is 1. The number of halogens is 1. The molecule has 6 heteroatoms. The third kappa shape index (κ3) is 4.18. The predicted molar refractivity (Wildman–Crippen MR) is 117 cm³/mol. The van der Waals surface area contributed by atoms with Crippen molar-refractivity contribution in [1.29, 1.82) is 0 Å². The van der Waals surface area contributed by atoms with Crippen molar-refractivity contribution in [3.63, 3.8) is 0 Å². The van der Waals surface area contributed by atoms with Crippen molar-refractivity contribution in [3.05, 3.63) is 83.0 Å². The number of likely N-dealkylation sites (tertiary alicyclic amines) is 1. The van der Waals surface area contributed by atoms with E-state index in [4.69, 9.17) is 16.3 Å². The number of aromatic nitrogens is 1. The van der Waals surface area contributed by atoms with Gasteiger partial charge in [-0.1, -0.05) is 48.0 Å². The first-order valence-electron chi connectivity index (χ1n) is 9.89. The second-order valence-electron chi connectivity index (χ2n) is 7.42. The minimum atomic E-state index is -0.800. The largest absolute Gasteiger partial charge is 0.497 e. The van der Waals surface area contributed by atoms with E-state index in [1.165, 1.54) is 0 Å². The molecular weight excluding hydrogens is 400 g/mol. The summed E-state index contributed by atoms with van der Waals surface area (Å²) in [6.45, 7) is 0.498. The van der Waals surface area contributed by atoms with Crippen LogP contribution in [0.1, 0.15) is 30.0 Å². The molecule has 1 N–H and O–H groups in total. The maximum absolute atomic E-state index is 11.9. The Labute approximate surface area is 180 Å². The molecule has 0 radical (unpaired) electrons. The number of carboxylic acid groups (broad SMARTS) is 1. The Morgan fingerprint density at radius 2 is 2.00 bits per heavy atom. The van der Waals surface area contributed by atoms with Gasteiger partial charge in [-0.2, -0.15) is 0 Å². The Hall–Kier alpha value is -2.89. The van der Waals surface area contributed by atoms with Crippen molar-refractivity contribution in [1.82, 2.24) is 9.88 Å². The van der Waals surface area contributed by atoms with Gasteiger partial charge in [-0.05, 0) is 48.2 Å². The number of methoxy groups -OCH3 is 1. The van der Waals surface area contributed by atoms with Crippen LogP contribution >= 0.6 is 11.6 Å². The molecule has 0 unspecified atom stereocenters. The minimum absolute atomic E-state index is 0.0298. The van der Waals surface area contributed by atoms with Crippen molar-refractivity contribution in [3.8, 4) is 17.0 Å². The third-order valence-corrected chi connectivity index (χ3v) is 5.96. The average Bonchev–Trinajstić information content (AvgIpc) is 3.18. The maximum Gasteiger partial charge on any atom is 0.320 e. The number of aliphatic carboxylic acids is 1. The highest BCUT2D eigenvalue weighted by Gasteiger charge is 2.39. The zero-order chi connectivity index (χ0) is 21.1. The number of rotatable bonds is 6. The quantitative estimate of drug-likeness (QED) is 0.591. The van der Waals surface area contributed by atoms with Gasteiger partial charge in [-0.25, -0.2) is 0 Å². The van der Waals surface area contributed by atoms with E-state index in [1.54, 1.807) is 7.11 Å². The molecule has 30 heavy (non-hydrogen) atoms. The van der Waals surface area contributed by atoms with Gasteiger partial charge in [0, 0.05) is 29.4 Å². The van der Waals surface area contributed by atoms with E-state index in [0.717, 1.165) is 34.6 Å². The van der Waals surface area contributed by atoms with Crippen LogP contribution in [0.4, 0.5) is 0 Å². The minimum Gasteiger partial charge on any atom is -0.497 e. The molecule has 3 aromatic rings. The van der Waals surface area contributed by atoms with Crippen LogP contribution in [0.2, 0.25) is 5.02 Å². The fourth-order valence-electron chi connectivity index (χ4n) is 4.11. The number of carboxylic acids is 1. The van der Waals surface area contributed by atoms with Crippen LogP contribution in [0, 0.1) is 0 Å². The molecule has 0 saturated carbocycles. The fraction of sp³-hybridized carbons (Fsp3) is 0.250. The summed E-state index contributed by atoms with van der Waals surface area (Å²) in [7, 11) is 1.64. The number of nitrogens with zero attached hydrogens (tertiary/aromatic N) is 2. The van der Waals surface area contributed by atoms with Gasteiger partial charge in [0.1, 0.15) is 11.8 Å². The van der Waals surface area contributed by atoms with Crippen molar-refractivity contribution < 1.29 is 14.6 Å². The molecular formula is C24H23ClN2O3. The van der Waals surface area contributed by atoms with Gasteiger partial charge in [-0.3, -0.25) is 14.7 Å². The number of benzene rings is 2. The van der Waals surface area contributed by atoms with Crippen LogP contribution in [0.3, 0.4) is 0 Å². The first kappa shape index (κ1) is 20.4. The molecule has 1 aliphatic rings. The van der Waals surface area contributed by atoms with Crippen molar-refractivity contribution >= 4 is 17.6 Å². The lowest BCUT2D eigenvalue weighted by atomic mass is 10.0. The molecule has 0 bridgehead atoms. The predicted octanol–water partition coefficient (Wildman–Crippen LogP) is 5.20. The highest BCUT2D eigenvalue weighted by atomic mass is 35.5. The lowest BCUT2D eigenvalue weighted by Crippen LogP contribution is -2.37. The Morgan fingerprint density at radius 3 is 2.70 bits per heavy atom. The van der Waals surface area contributed by atoms with E-state index in [0.29, 0.717) is 18.0 Å². The molecule has 154 valence electrons. The van der Waals surface area contributed by atoms with E-state index in [2.05, 4.69) is 4.98 Å². The van der Waals surface area contributed by atoms with Gasteiger partial charge in [0.05, 0.1) is 12.8 Å². The van der Waals surface area contributed by atoms with Crippen molar-refractivity contribution in [2.24, 2.45) is 0 Å². The average molecular weight is 423 g/mol. The number of pyridine rings is 1. The van der Waals surface area contributed by atoms with E-state index in [1.807, 2.05) is 71.8 Å². The number of hydrogen-bond acceptors (Lipinski definition) is 4. The van der Waals surface area contributed by atoms with Gasteiger partial charge in [0.25, 0.3) is 0 Å². The molecule has 1 saturated heterocycles. The molecule has 0 aliphatic carbocycles. The summed E-state index contributed by atoms with van der Waals surface area (Å²) in [5, 5.41) is 10.4. The van der Waals surface area contributed by atoms with Crippen LogP contribution < -0.4 is 4.74 Å². The van der Waals surface area contributed by atoms with Crippen LogP contribution in [-0.4, -0.2) is 34.1 Å². The van der Waals surface area contributed by atoms with Crippen molar-refractivity contribution in [2.75, 3.05) is 7.11 Å². The van der Waals surface area contributed by atoms with Crippen LogP contribution in [0.25, 0.3) is 11.3 Å². The first-order chi connectivity index (χ1) is 14.6. The lowest BCUT2D eigenvalue weighted by Gasteiger charge is -2.29. The SMILES string of the molecule is COc1cccc(-c2ccc(CN3[C@@H](c4ccccc4Cl)CC[C@H]3C(=O)O)cn2)c1. The Bertz CT molecular complexity index is 1040. The second kappa shape index (κ2) is 8.86. The molecule has 2 atom stereocenters. The maximum atomic E-state index is 11.9. The van der Waals surface area contributed by atoms with Gasteiger partial charge in [0.15, 0.2) is 0 Å². The summed E-state index contributed by atoms with van der Waals surface area (Å²) >= 11 is 6.42. The summed E-state index contributed by atoms with van der Waals surface area (Å²) < 4.78 is 5.29. The number of carbonyl (C=O) groups is 1. The molecule has 1 aromatic heterocycles. The summed E-state index contributed by atoms with van der Waals surface area (Å²) in [5.41, 5.74) is 3.76. The third-order valence-electron chi connectivity index (χ3n) is 5.62. The molecule has 0 spiro atoms. The zero-order valence-electron chi connectivity index (χ0n) is 16.7. The summed E-state index contributed by atoms with van der Waals surface area (Å²) in [6.07, 6.45) is 3.17. The molecule has 4 rings (SSSR count). The molecule has 2 aromatic carbocycles. The van der Waals surface area contributed by atoms with E-state index in [-0.39, 0.29) is 6.04 Å². The Balaban J connectivity index is 1.58. The van der Waals surface area contributed by atoms with Gasteiger partial charge < -0.3 is 9.84 Å². The Kier molecular flexibility index (Phi) is 6.02. The van der Waals surface area contributed by atoms with Gasteiger partial charge >= 0.3 is 5.97 Å².